The molecule has 0 aromatic heterocycles. The molecule has 0 bridgehead atoms. The maximum absolute atomic E-state index is 12.4. The molecule has 128 valence electrons. The van der Waals surface area contributed by atoms with E-state index in [4.69, 9.17) is 0 Å². The molecule has 0 saturated heterocycles. The van der Waals surface area contributed by atoms with E-state index in [1.54, 1.807) is 6.07 Å². The molecule has 0 spiro atoms. The van der Waals surface area contributed by atoms with Gasteiger partial charge in [0.2, 0.25) is 5.91 Å². The Bertz CT molecular complexity index is 667. The van der Waals surface area contributed by atoms with Crippen LogP contribution in [0.1, 0.15) is 38.2 Å². The van der Waals surface area contributed by atoms with Gasteiger partial charge >= 0.3 is 11.8 Å². The molecule has 1 aliphatic carbocycles. The highest BCUT2D eigenvalue weighted by molar-refractivity contribution is 6.39. The Balaban J connectivity index is 1.70. The van der Waals surface area contributed by atoms with Crippen molar-refractivity contribution < 1.29 is 14.4 Å². The average molecular weight is 329 g/mol. The fraction of sp³-hybridized carbons (Fsp3) is 0.500. The summed E-state index contributed by atoms with van der Waals surface area (Å²) < 4.78 is 0. The maximum atomic E-state index is 12.4. The first kappa shape index (κ1) is 16.5. The Morgan fingerprint density at radius 2 is 2.00 bits per heavy atom. The maximum Gasteiger partial charge on any atom is 0.313 e. The molecule has 1 aliphatic heterocycles. The topological polar surface area (TPSA) is 78.5 Å². The summed E-state index contributed by atoms with van der Waals surface area (Å²) in [6, 6.07) is 5.49. The Morgan fingerprint density at radius 1 is 1.21 bits per heavy atom. The first-order chi connectivity index (χ1) is 11.6. The highest BCUT2D eigenvalue weighted by Gasteiger charge is 2.35. The molecule has 3 rings (SSSR count). The number of fused-ring (bicyclic) bond motifs is 1. The van der Waals surface area contributed by atoms with Crippen LogP contribution in [0.15, 0.2) is 18.2 Å². The van der Waals surface area contributed by atoms with Crippen LogP contribution < -0.4 is 15.5 Å². The molecule has 6 heteroatoms. The standard InChI is InChI=1S/C18H23N3O3/c1-2-9-19-16(22)17(23)20-14-7-8-15-13(11-14)4-3-10-21(15)18(24)12-5-6-12/h7-8,11-12H,2-6,9-10H2,1H3,(H,19,22)(H,20,23). The van der Waals surface area contributed by atoms with E-state index in [1.165, 1.54) is 0 Å². The summed E-state index contributed by atoms with van der Waals surface area (Å²) in [5, 5.41) is 5.18. The highest BCUT2D eigenvalue weighted by Crippen LogP contribution is 2.36. The molecule has 1 aromatic rings. The number of benzene rings is 1. The second kappa shape index (κ2) is 7.03. The number of hydrogen-bond acceptors (Lipinski definition) is 3. The first-order valence-corrected chi connectivity index (χ1v) is 8.63. The molecule has 6 nitrogen and oxygen atoms in total. The minimum absolute atomic E-state index is 0.192. The van der Waals surface area contributed by atoms with Gasteiger partial charge in [-0.1, -0.05) is 6.92 Å². The fourth-order valence-corrected chi connectivity index (χ4v) is 2.96. The van der Waals surface area contributed by atoms with Gasteiger partial charge in [0, 0.05) is 30.4 Å². The van der Waals surface area contributed by atoms with E-state index in [9.17, 15) is 14.4 Å². The third-order valence-electron chi connectivity index (χ3n) is 4.39. The minimum Gasteiger partial charge on any atom is -0.348 e. The van der Waals surface area contributed by atoms with Gasteiger partial charge in [0.25, 0.3) is 0 Å². The van der Waals surface area contributed by atoms with E-state index >= 15 is 0 Å². The van der Waals surface area contributed by atoms with E-state index in [1.807, 2.05) is 24.0 Å². The number of amides is 3. The summed E-state index contributed by atoms with van der Waals surface area (Å²) in [4.78, 5) is 37.8. The smallest absolute Gasteiger partial charge is 0.313 e. The van der Waals surface area contributed by atoms with Crippen LogP contribution in [-0.4, -0.2) is 30.8 Å². The van der Waals surface area contributed by atoms with Gasteiger partial charge in [0.1, 0.15) is 0 Å². The van der Waals surface area contributed by atoms with Crippen molar-refractivity contribution in [1.82, 2.24) is 5.32 Å². The SMILES string of the molecule is CCCNC(=O)C(=O)Nc1ccc2c(c1)CCCN2C(=O)C1CC1. The van der Waals surface area contributed by atoms with Gasteiger partial charge in [0.05, 0.1) is 0 Å². The lowest BCUT2D eigenvalue weighted by molar-refractivity contribution is -0.136. The van der Waals surface area contributed by atoms with E-state index < -0.39 is 11.8 Å². The van der Waals surface area contributed by atoms with Gasteiger partial charge in [-0.05, 0) is 55.9 Å². The third kappa shape index (κ3) is 3.58. The summed E-state index contributed by atoms with van der Waals surface area (Å²) >= 11 is 0. The Hall–Kier alpha value is -2.37. The number of nitrogens with one attached hydrogen (secondary N) is 2. The number of hydrogen-bond donors (Lipinski definition) is 2. The predicted octanol–water partition coefficient (Wildman–Crippen LogP) is 1.84. The largest absolute Gasteiger partial charge is 0.348 e. The summed E-state index contributed by atoms with van der Waals surface area (Å²) in [5.41, 5.74) is 2.57. The summed E-state index contributed by atoms with van der Waals surface area (Å²) in [6.07, 6.45) is 4.55. The molecular formula is C18H23N3O3. The summed E-state index contributed by atoms with van der Waals surface area (Å²) in [6.45, 7) is 3.17. The Morgan fingerprint density at radius 3 is 2.71 bits per heavy atom. The van der Waals surface area contributed by atoms with Crippen molar-refractivity contribution in [2.45, 2.75) is 39.0 Å². The Kier molecular flexibility index (Phi) is 4.83. The van der Waals surface area contributed by atoms with Crippen molar-refractivity contribution in [2.75, 3.05) is 23.3 Å². The number of rotatable bonds is 4. The summed E-state index contributed by atoms with van der Waals surface area (Å²) in [5.74, 6) is -0.880. The normalized spacial score (nSPS) is 16.3. The van der Waals surface area contributed by atoms with Gasteiger partial charge in [-0.15, -0.1) is 0 Å². The van der Waals surface area contributed by atoms with Crippen LogP contribution in [-0.2, 0) is 20.8 Å². The fourth-order valence-electron chi connectivity index (χ4n) is 2.96. The number of carbonyl (C=O) groups is 3. The monoisotopic (exact) mass is 329 g/mol. The predicted molar refractivity (Wildman–Crippen MR) is 91.8 cm³/mol. The molecule has 0 unspecified atom stereocenters. The molecule has 24 heavy (non-hydrogen) atoms. The zero-order valence-electron chi connectivity index (χ0n) is 13.9. The van der Waals surface area contributed by atoms with Crippen molar-refractivity contribution >= 4 is 29.1 Å². The zero-order valence-corrected chi connectivity index (χ0v) is 13.9. The number of anilines is 2. The van der Waals surface area contributed by atoms with Crippen molar-refractivity contribution in [3.63, 3.8) is 0 Å². The minimum atomic E-state index is -0.662. The van der Waals surface area contributed by atoms with Gasteiger partial charge in [-0.25, -0.2) is 0 Å². The van der Waals surface area contributed by atoms with Crippen LogP contribution >= 0.6 is 0 Å². The zero-order chi connectivity index (χ0) is 17.1. The van der Waals surface area contributed by atoms with Crippen LogP contribution in [0.4, 0.5) is 11.4 Å². The molecule has 0 radical (unpaired) electrons. The van der Waals surface area contributed by atoms with Crippen LogP contribution in [0.2, 0.25) is 0 Å². The molecule has 1 fully saturated rings. The van der Waals surface area contributed by atoms with Crippen LogP contribution in [0, 0.1) is 5.92 Å². The second-order valence-electron chi connectivity index (χ2n) is 6.42. The van der Waals surface area contributed by atoms with Gasteiger partial charge in [0.15, 0.2) is 0 Å². The van der Waals surface area contributed by atoms with Crippen molar-refractivity contribution in [1.29, 1.82) is 0 Å². The highest BCUT2D eigenvalue weighted by atomic mass is 16.2. The Labute approximate surface area is 141 Å². The lowest BCUT2D eigenvalue weighted by Crippen LogP contribution is -2.37. The second-order valence-corrected chi connectivity index (χ2v) is 6.42. The van der Waals surface area contributed by atoms with Crippen LogP contribution in [0.3, 0.4) is 0 Å². The van der Waals surface area contributed by atoms with E-state index in [-0.39, 0.29) is 11.8 Å². The molecular weight excluding hydrogens is 306 g/mol. The number of carbonyl (C=O) groups excluding carboxylic acids is 3. The van der Waals surface area contributed by atoms with Gasteiger partial charge in [-0.3, -0.25) is 14.4 Å². The first-order valence-electron chi connectivity index (χ1n) is 8.63. The molecule has 1 aromatic carbocycles. The van der Waals surface area contributed by atoms with Gasteiger partial charge in [-0.2, -0.15) is 0 Å². The number of aryl methyl sites for hydroxylation is 1. The molecule has 0 atom stereocenters. The van der Waals surface area contributed by atoms with Crippen molar-refractivity contribution in [2.24, 2.45) is 5.92 Å². The molecule has 2 N–H and O–H groups in total. The van der Waals surface area contributed by atoms with Gasteiger partial charge < -0.3 is 15.5 Å². The van der Waals surface area contributed by atoms with Crippen molar-refractivity contribution in [3.05, 3.63) is 23.8 Å². The molecule has 1 saturated carbocycles. The lowest BCUT2D eigenvalue weighted by atomic mass is 10.0. The molecule has 3 amide bonds. The van der Waals surface area contributed by atoms with Crippen LogP contribution in [0.5, 0.6) is 0 Å². The van der Waals surface area contributed by atoms with E-state index in [2.05, 4.69) is 10.6 Å². The molecule has 1 heterocycles. The van der Waals surface area contributed by atoms with Crippen LogP contribution in [0.25, 0.3) is 0 Å². The molecule has 2 aliphatic rings. The lowest BCUT2D eigenvalue weighted by Gasteiger charge is -2.30. The average Bonchev–Trinajstić information content (AvgIpc) is 3.43. The quantitative estimate of drug-likeness (QED) is 0.827. The van der Waals surface area contributed by atoms with Crippen molar-refractivity contribution in [3.8, 4) is 0 Å². The number of nitrogens with zero attached hydrogens (tertiary/aromatic N) is 1. The van der Waals surface area contributed by atoms with E-state index in [0.717, 1.165) is 49.9 Å². The third-order valence-corrected chi connectivity index (χ3v) is 4.39. The van der Waals surface area contributed by atoms with E-state index in [0.29, 0.717) is 12.2 Å². The summed E-state index contributed by atoms with van der Waals surface area (Å²) in [7, 11) is 0.